The first-order valence-electron chi connectivity index (χ1n) is 7.61. The number of nitrogens with one attached hydrogen (secondary N) is 1. The van der Waals surface area contributed by atoms with Crippen molar-refractivity contribution < 1.29 is 9.72 Å². The molecule has 2 aromatic rings. The number of pyridine rings is 1. The normalized spacial score (nSPS) is 15.3. The summed E-state index contributed by atoms with van der Waals surface area (Å²) in [6, 6.07) is 3.69. The number of aromatic nitrogens is 2. The van der Waals surface area contributed by atoms with Crippen LogP contribution in [0.4, 0.5) is 16.0 Å². The monoisotopic (exact) mass is 347 g/mol. The van der Waals surface area contributed by atoms with Gasteiger partial charge in [-0.3, -0.25) is 14.9 Å². The molecule has 1 amide bonds. The minimum atomic E-state index is -0.435. The van der Waals surface area contributed by atoms with E-state index in [-0.39, 0.29) is 16.8 Å². The number of amides is 1. The molecular formula is C15H17N5O3S. The third kappa shape index (κ3) is 3.67. The molecule has 0 bridgehead atoms. The second-order valence-electron chi connectivity index (χ2n) is 5.71. The Morgan fingerprint density at radius 3 is 2.67 bits per heavy atom. The second kappa shape index (κ2) is 6.91. The van der Waals surface area contributed by atoms with Gasteiger partial charge in [-0.1, -0.05) is 6.07 Å². The molecule has 0 radical (unpaired) electrons. The largest absolute Gasteiger partial charge is 0.348 e. The molecule has 1 saturated heterocycles. The van der Waals surface area contributed by atoms with Gasteiger partial charge in [0.05, 0.1) is 4.92 Å². The Hall–Kier alpha value is -2.55. The van der Waals surface area contributed by atoms with Crippen molar-refractivity contribution in [1.29, 1.82) is 0 Å². The highest BCUT2D eigenvalue weighted by atomic mass is 32.1. The van der Waals surface area contributed by atoms with Crippen molar-refractivity contribution in [3.8, 4) is 0 Å². The maximum absolute atomic E-state index is 12.3. The summed E-state index contributed by atoms with van der Waals surface area (Å²) in [5.74, 6) is 0.444. The van der Waals surface area contributed by atoms with E-state index in [9.17, 15) is 14.9 Å². The Labute approximate surface area is 142 Å². The Kier molecular flexibility index (Phi) is 4.70. The first-order chi connectivity index (χ1) is 11.5. The van der Waals surface area contributed by atoms with Crippen LogP contribution >= 0.6 is 11.3 Å². The van der Waals surface area contributed by atoms with Gasteiger partial charge in [-0.05, 0) is 42.7 Å². The summed E-state index contributed by atoms with van der Waals surface area (Å²) in [7, 11) is 0. The van der Waals surface area contributed by atoms with E-state index in [1.807, 2.05) is 17.9 Å². The predicted octanol–water partition coefficient (Wildman–Crippen LogP) is 2.61. The van der Waals surface area contributed by atoms with E-state index in [4.69, 9.17) is 0 Å². The number of anilines is 2. The number of carbonyl (C=O) groups is 1. The Morgan fingerprint density at radius 1 is 1.33 bits per heavy atom. The summed E-state index contributed by atoms with van der Waals surface area (Å²) >= 11 is 1.07. The Morgan fingerprint density at radius 2 is 2.08 bits per heavy atom. The van der Waals surface area contributed by atoms with Crippen LogP contribution in [0.25, 0.3) is 0 Å². The highest BCUT2D eigenvalue weighted by Gasteiger charge is 2.27. The average molecular weight is 347 g/mol. The van der Waals surface area contributed by atoms with Crippen LogP contribution in [0.1, 0.15) is 18.4 Å². The van der Waals surface area contributed by atoms with E-state index in [0.717, 1.165) is 16.9 Å². The highest BCUT2D eigenvalue weighted by molar-refractivity contribution is 7.18. The number of thiazole rings is 1. The maximum atomic E-state index is 12.3. The zero-order valence-corrected chi connectivity index (χ0v) is 14.0. The molecule has 0 aliphatic carbocycles. The summed E-state index contributed by atoms with van der Waals surface area (Å²) in [6.07, 6.45) is 4.37. The Bertz CT molecular complexity index is 738. The van der Waals surface area contributed by atoms with Crippen molar-refractivity contribution in [2.75, 3.05) is 23.3 Å². The topological polar surface area (TPSA) is 101 Å². The van der Waals surface area contributed by atoms with Gasteiger partial charge in [-0.25, -0.2) is 9.97 Å². The molecule has 1 aliphatic rings. The highest BCUT2D eigenvalue weighted by Crippen LogP contribution is 2.31. The van der Waals surface area contributed by atoms with E-state index < -0.39 is 4.92 Å². The van der Waals surface area contributed by atoms with Crippen LogP contribution in [-0.2, 0) is 4.79 Å². The zero-order valence-electron chi connectivity index (χ0n) is 13.1. The fourth-order valence-electron chi connectivity index (χ4n) is 2.59. The molecule has 2 aromatic heterocycles. The van der Waals surface area contributed by atoms with E-state index in [2.05, 4.69) is 15.3 Å². The van der Waals surface area contributed by atoms with Gasteiger partial charge >= 0.3 is 5.00 Å². The molecule has 24 heavy (non-hydrogen) atoms. The molecule has 0 saturated carbocycles. The van der Waals surface area contributed by atoms with Crippen LogP contribution in [0.5, 0.6) is 0 Å². The molecule has 1 fully saturated rings. The summed E-state index contributed by atoms with van der Waals surface area (Å²) < 4.78 is 0. The van der Waals surface area contributed by atoms with Gasteiger partial charge in [0.1, 0.15) is 12.0 Å². The number of nitro groups is 1. The number of nitrogens with zero attached hydrogens (tertiary/aromatic N) is 4. The lowest BCUT2D eigenvalue weighted by Gasteiger charge is -2.30. The van der Waals surface area contributed by atoms with Gasteiger partial charge in [0.2, 0.25) is 5.91 Å². The molecule has 0 atom stereocenters. The first kappa shape index (κ1) is 16.3. The molecular weight excluding hydrogens is 330 g/mol. The molecule has 1 N–H and O–H groups in total. The number of piperidine rings is 1. The van der Waals surface area contributed by atoms with E-state index in [0.29, 0.717) is 36.9 Å². The van der Waals surface area contributed by atoms with Gasteiger partial charge in [-0.2, -0.15) is 0 Å². The molecule has 126 valence electrons. The van der Waals surface area contributed by atoms with E-state index >= 15 is 0 Å². The lowest BCUT2D eigenvalue weighted by atomic mass is 9.96. The quantitative estimate of drug-likeness (QED) is 0.674. The SMILES string of the molecule is Cc1ccc(NC(=O)C2CCN(c3ncc([N+](=O)[O-])s3)CC2)nc1. The van der Waals surface area contributed by atoms with Gasteiger partial charge in [0, 0.05) is 25.2 Å². The lowest BCUT2D eigenvalue weighted by Crippen LogP contribution is -2.38. The fourth-order valence-corrected chi connectivity index (χ4v) is 3.37. The lowest BCUT2D eigenvalue weighted by molar-refractivity contribution is -0.380. The minimum absolute atomic E-state index is 0.0314. The van der Waals surface area contributed by atoms with Crippen LogP contribution in [0.3, 0.4) is 0 Å². The van der Waals surface area contributed by atoms with Crippen LogP contribution < -0.4 is 10.2 Å². The van der Waals surface area contributed by atoms with Gasteiger partial charge < -0.3 is 10.2 Å². The number of hydrogen-bond acceptors (Lipinski definition) is 7. The third-order valence-electron chi connectivity index (χ3n) is 3.96. The van der Waals surface area contributed by atoms with E-state index in [1.165, 1.54) is 6.20 Å². The predicted molar refractivity (Wildman–Crippen MR) is 91.3 cm³/mol. The molecule has 3 heterocycles. The van der Waals surface area contributed by atoms with Gasteiger partial charge in [0.25, 0.3) is 0 Å². The van der Waals surface area contributed by atoms with Crippen LogP contribution in [-0.4, -0.2) is 33.9 Å². The molecule has 0 spiro atoms. The summed E-state index contributed by atoms with van der Waals surface area (Å²) in [5, 5.41) is 14.3. The summed E-state index contributed by atoms with van der Waals surface area (Å²) in [6.45, 7) is 3.26. The zero-order chi connectivity index (χ0) is 17.1. The number of hydrogen-bond donors (Lipinski definition) is 1. The molecule has 0 aromatic carbocycles. The van der Waals surface area contributed by atoms with Crippen molar-refractivity contribution in [1.82, 2.24) is 9.97 Å². The van der Waals surface area contributed by atoms with Crippen molar-refractivity contribution in [2.24, 2.45) is 5.92 Å². The van der Waals surface area contributed by atoms with Crippen molar-refractivity contribution in [2.45, 2.75) is 19.8 Å². The van der Waals surface area contributed by atoms with Gasteiger partial charge in [-0.15, -0.1) is 0 Å². The first-order valence-corrected chi connectivity index (χ1v) is 8.43. The minimum Gasteiger partial charge on any atom is -0.348 e. The summed E-state index contributed by atoms with van der Waals surface area (Å²) in [5.41, 5.74) is 1.04. The number of rotatable bonds is 4. The fraction of sp³-hybridized carbons (Fsp3) is 0.400. The van der Waals surface area contributed by atoms with Crippen LogP contribution in [0.15, 0.2) is 24.5 Å². The van der Waals surface area contributed by atoms with Crippen molar-refractivity contribution in [3.05, 3.63) is 40.2 Å². The molecule has 1 aliphatic heterocycles. The maximum Gasteiger partial charge on any atom is 0.345 e. The third-order valence-corrected chi connectivity index (χ3v) is 4.97. The van der Waals surface area contributed by atoms with Crippen LogP contribution in [0, 0.1) is 23.0 Å². The second-order valence-corrected chi connectivity index (χ2v) is 6.70. The van der Waals surface area contributed by atoms with Crippen molar-refractivity contribution in [3.63, 3.8) is 0 Å². The van der Waals surface area contributed by atoms with Crippen molar-refractivity contribution >= 4 is 33.2 Å². The molecule has 9 heteroatoms. The van der Waals surface area contributed by atoms with Gasteiger partial charge in [0.15, 0.2) is 5.13 Å². The molecule has 0 unspecified atom stereocenters. The smallest absolute Gasteiger partial charge is 0.345 e. The Balaban J connectivity index is 1.55. The van der Waals surface area contributed by atoms with E-state index in [1.54, 1.807) is 12.3 Å². The average Bonchev–Trinajstić information content (AvgIpc) is 3.07. The molecule has 3 rings (SSSR count). The number of aryl methyl sites for hydroxylation is 1. The standard InChI is InChI=1S/C15H17N5O3S/c1-10-2-3-12(16-8-10)18-14(21)11-4-6-19(7-5-11)15-17-9-13(24-15)20(22)23/h2-3,8-9,11H,4-7H2,1H3,(H,16,18,21). The molecule has 8 nitrogen and oxygen atoms in total. The summed E-state index contributed by atoms with van der Waals surface area (Å²) in [4.78, 5) is 32.9. The van der Waals surface area contributed by atoms with Crippen LogP contribution in [0.2, 0.25) is 0 Å². The number of carbonyl (C=O) groups excluding carboxylic acids is 1.